The average Bonchev–Trinajstić information content (AvgIpc) is 3.22. The summed E-state index contributed by atoms with van der Waals surface area (Å²) in [7, 11) is -3.85. The molecule has 0 bridgehead atoms. The Morgan fingerprint density at radius 1 is 1.15 bits per heavy atom. The van der Waals surface area contributed by atoms with Crippen molar-refractivity contribution in [3.8, 4) is 0 Å². The van der Waals surface area contributed by atoms with Gasteiger partial charge in [-0.15, -0.1) is 0 Å². The monoisotopic (exact) mass is 486 g/mol. The van der Waals surface area contributed by atoms with Crippen molar-refractivity contribution in [3.63, 3.8) is 0 Å². The van der Waals surface area contributed by atoms with Crippen LogP contribution in [0, 0.1) is 18.6 Å². The topological polar surface area (TPSA) is 118 Å². The van der Waals surface area contributed by atoms with Crippen LogP contribution in [0.15, 0.2) is 48.9 Å². The van der Waals surface area contributed by atoms with E-state index in [-0.39, 0.29) is 11.3 Å². The van der Waals surface area contributed by atoms with Crippen molar-refractivity contribution in [3.05, 3.63) is 77.2 Å². The minimum absolute atomic E-state index is 0.0414. The van der Waals surface area contributed by atoms with Crippen LogP contribution < -0.4 is 15.0 Å². The number of sulfonamides is 1. The maximum Gasteiger partial charge on any atom is 0.236 e. The molecule has 0 aliphatic heterocycles. The number of benzene rings is 2. The molecule has 176 valence electrons. The summed E-state index contributed by atoms with van der Waals surface area (Å²) in [6.07, 6.45) is 3.03. The molecule has 0 atom stereocenters. The second kappa shape index (κ2) is 9.18. The first-order chi connectivity index (χ1) is 16.2. The number of nitrogens with zero attached hydrogens (tertiary/aromatic N) is 1. The summed E-state index contributed by atoms with van der Waals surface area (Å²) in [4.78, 5) is 23.3. The maximum atomic E-state index is 15.2. The van der Waals surface area contributed by atoms with Crippen LogP contribution in [0.2, 0.25) is 0 Å². The van der Waals surface area contributed by atoms with Gasteiger partial charge in [-0.1, -0.05) is 29.6 Å². The summed E-state index contributed by atoms with van der Waals surface area (Å²) in [5.41, 5.74) is 0.759. The lowest BCUT2D eigenvalue weighted by molar-refractivity contribution is -0.352. The summed E-state index contributed by atoms with van der Waals surface area (Å²) in [6.45, 7) is 3.60. The molecule has 0 radical (unpaired) electrons. The number of H-pyrrole nitrogens is 2. The van der Waals surface area contributed by atoms with E-state index in [2.05, 4.69) is 25.0 Å². The van der Waals surface area contributed by atoms with Crippen LogP contribution in [0.3, 0.4) is 0 Å². The number of rotatable bonds is 8. The number of halogens is 2. The van der Waals surface area contributed by atoms with Gasteiger partial charge < -0.3 is 5.32 Å². The van der Waals surface area contributed by atoms with Crippen LogP contribution in [0.5, 0.6) is 0 Å². The largest absolute Gasteiger partial charge is 0.326 e. The summed E-state index contributed by atoms with van der Waals surface area (Å²) >= 11 is 0. The molecule has 2 aromatic heterocycles. The highest BCUT2D eigenvalue weighted by molar-refractivity contribution is 7.92. The Balaban J connectivity index is 1.78. The van der Waals surface area contributed by atoms with Crippen molar-refractivity contribution in [2.24, 2.45) is 0 Å². The molecule has 4 rings (SSSR count). The fourth-order valence-electron chi connectivity index (χ4n) is 3.52. The van der Waals surface area contributed by atoms with E-state index in [4.69, 9.17) is 0 Å². The standard InChI is InChI=1S/C23H21F2N5O3S/c1-3-10-34(32,33)30-17-9-8-16(24)19(20(17)25)21(31)15-11-26-22-18(15)23(28-12-27-22)29-14-6-4-13(2)5-7-14/h4-9,11-12,30H,3,10H2,1-2H3,(H2,26,27,28,29)/p+1. The molecule has 34 heavy (non-hydrogen) atoms. The summed E-state index contributed by atoms with van der Waals surface area (Å²) in [6, 6.07) is 9.26. The van der Waals surface area contributed by atoms with E-state index >= 15 is 4.39 Å². The van der Waals surface area contributed by atoms with Crippen molar-refractivity contribution in [2.45, 2.75) is 20.3 Å². The van der Waals surface area contributed by atoms with Gasteiger partial charge in [0, 0.05) is 5.69 Å². The third-order valence-electron chi connectivity index (χ3n) is 5.13. The van der Waals surface area contributed by atoms with Crippen LogP contribution in [0.25, 0.3) is 11.0 Å². The van der Waals surface area contributed by atoms with Gasteiger partial charge in [-0.05, 0) is 37.6 Å². The number of carbonyl (C=O) groups excluding carboxylic acids is 1. The molecule has 0 saturated heterocycles. The predicted molar refractivity (Wildman–Crippen MR) is 125 cm³/mol. The van der Waals surface area contributed by atoms with Crippen molar-refractivity contribution in [1.82, 2.24) is 9.97 Å². The molecule has 2 aromatic carbocycles. The minimum atomic E-state index is -3.85. The number of carbonyl (C=O) groups is 1. The molecule has 0 aliphatic rings. The molecule has 0 unspecified atom stereocenters. The highest BCUT2D eigenvalue weighted by atomic mass is 32.2. The van der Waals surface area contributed by atoms with Crippen molar-refractivity contribution in [2.75, 3.05) is 15.8 Å². The Kier molecular flexibility index (Phi) is 6.29. The van der Waals surface area contributed by atoms with E-state index in [0.29, 0.717) is 29.0 Å². The lowest BCUT2D eigenvalue weighted by atomic mass is 10.0. The van der Waals surface area contributed by atoms with Gasteiger partial charge in [0.25, 0.3) is 0 Å². The number of ketones is 1. The van der Waals surface area contributed by atoms with E-state index in [1.165, 1.54) is 12.5 Å². The SMILES string of the molecule is CCCS(=O)(=O)Nc1ccc(F)c(C(=O)c2c[nH]c3[nH+]cnc(Nc4ccc(C)cc4)c23)c1F. The quantitative estimate of drug-likeness (QED) is 0.324. The third kappa shape index (κ3) is 4.60. The second-order valence-electron chi connectivity index (χ2n) is 7.73. The zero-order chi connectivity index (χ0) is 24.5. The zero-order valence-electron chi connectivity index (χ0n) is 18.4. The van der Waals surface area contributed by atoms with Gasteiger partial charge in [-0.2, -0.15) is 0 Å². The van der Waals surface area contributed by atoms with Crippen molar-refractivity contribution in [1.29, 1.82) is 0 Å². The molecule has 8 nitrogen and oxygen atoms in total. The van der Waals surface area contributed by atoms with E-state index < -0.39 is 38.7 Å². The van der Waals surface area contributed by atoms with Gasteiger partial charge in [0.05, 0.1) is 28.8 Å². The second-order valence-corrected chi connectivity index (χ2v) is 9.57. The average molecular weight is 487 g/mol. The van der Waals surface area contributed by atoms with E-state index in [1.54, 1.807) is 6.92 Å². The predicted octanol–water partition coefficient (Wildman–Crippen LogP) is 4.09. The normalized spacial score (nSPS) is 11.5. The van der Waals surface area contributed by atoms with Gasteiger partial charge in [-0.25, -0.2) is 22.2 Å². The highest BCUT2D eigenvalue weighted by Gasteiger charge is 2.28. The van der Waals surface area contributed by atoms with E-state index in [9.17, 15) is 17.6 Å². The van der Waals surface area contributed by atoms with Gasteiger partial charge in [0.15, 0.2) is 5.82 Å². The van der Waals surface area contributed by atoms with Gasteiger partial charge in [-0.3, -0.25) is 14.5 Å². The van der Waals surface area contributed by atoms with Gasteiger partial charge >= 0.3 is 0 Å². The van der Waals surface area contributed by atoms with E-state index in [1.807, 2.05) is 31.2 Å². The number of aromatic amines is 2. The number of anilines is 3. The molecule has 0 saturated carbocycles. The lowest BCUT2D eigenvalue weighted by Crippen LogP contribution is -2.18. The van der Waals surface area contributed by atoms with Crippen LogP contribution in [0.4, 0.5) is 26.0 Å². The van der Waals surface area contributed by atoms with Gasteiger partial charge in [0.2, 0.25) is 33.6 Å². The molecule has 0 fully saturated rings. The Hall–Kier alpha value is -3.86. The Morgan fingerprint density at radius 2 is 1.88 bits per heavy atom. The van der Waals surface area contributed by atoms with Crippen LogP contribution in [-0.2, 0) is 10.0 Å². The fraction of sp³-hybridized carbons (Fsp3) is 0.174. The first kappa shape index (κ1) is 23.3. The Bertz CT molecular complexity index is 1480. The van der Waals surface area contributed by atoms with Crippen molar-refractivity contribution >= 4 is 44.0 Å². The number of nitrogens with one attached hydrogen (secondary N) is 4. The molecule has 0 amide bonds. The number of hydrogen-bond donors (Lipinski definition) is 3. The highest BCUT2D eigenvalue weighted by Crippen LogP contribution is 2.30. The molecule has 2 heterocycles. The molecule has 4 N–H and O–H groups in total. The smallest absolute Gasteiger partial charge is 0.236 e. The summed E-state index contributed by atoms with van der Waals surface area (Å²) < 4.78 is 56.1. The Morgan fingerprint density at radius 3 is 2.59 bits per heavy atom. The fourth-order valence-corrected chi connectivity index (χ4v) is 4.65. The van der Waals surface area contributed by atoms with Crippen molar-refractivity contribution < 1.29 is 27.0 Å². The van der Waals surface area contributed by atoms with Gasteiger partial charge in [0.1, 0.15) is 11.2 Å². The molecular formula is C23H22F2N5O3S+. The molecule has 0 aliphatic carbocycles. The van der Waals surface area contributed by atoms with Crippen LogP contribution in [0.1, 0.15) is 34.8 Å². The molecular weight excluding hydrogens is 464 g/mol. The zero-order valence-corrected chi connectivity index (χ0v) is 19.2. The first-order valence-electron chi connectivity index (χ1n) is 10.4. The van der Waals surface area contributed by atoms with Crippen LogP contribution >= 0.6 is 0 Å². The van der Waals surface area contributed by atoms with E-state index in [0.717, 1.165) is 17.7 Å². The third-order valence-corrected chi connectivity index (χ3v) is 6.61. The summed E-state index contributed by atoms with van der Waals surface area (Å²) in [5, 5.41) is 3.41. The van der Waals surface area contributed by atoms with Crippen LogP contribution in [-0.4, -0.2) is 29.9 Å². The Labute approximate surface area is 194 Å². The maximum absolute atomic E-state index is 15.2. The summed E-state index contributed by atoms with van der Waals surface area (Å²) in [5.74, 6) is -3.32. The molecule has 4 aromatic rings. The lowest BCUT2D eigenvalue weighted by Gasteiger charge is -2.11. The molecule has 11 heteroatoms. The number of fused-ring (bicyclic) bond motifs is 1. The number of aromatic nitrogens is 3. The minimum Gasteiger partial charge on any atom is -0.326 e. The number of aryl methyl sites for hydroxylation is 1. The molecule has 0 spiro atoms. The first-order valence-corrected chi connectivity index (χ1v) is 12.1. The number of hydrogen-bond acceptors (Lipinski definition) is 5.